The minimum Gasteiger partial charge on any atom is -0.493 e. The molecule has 1 aliphatic heterocycles. The van der Waals surface area contributed by atoms with E-state index in [9.17, 15) is 9.90 Å². The average molecular weight is 381 g/mol. The van der Waals surface area contributed by atoms with Crippen molar-refractivity contribution >= 4 is 11.4 Å². The first kappa shape index (κ1) is 20.1. The molecule has 0 saturated carbocycles. The number of hydrogen-bond donors (Lipinski definition) is 1. The first-order valence-electron chi connectivity index (χ1n) is 9.53. The number of nitrogens with zero attached hydrogens (tertiary/aromatic N) is 1. The number of hydrogen-bond acceptors (Lipinski definition) is 5. The van der Waals surface area contributed by atoms with Crippen LogP contribution in [0.25, 0.3) is 5.57 Å². The number of carbonyl (C=O) groups excluding carboxylic acids is 1. The Labute approximate surface area is 166 Å². The third kappa shape index (κ3) is 5.21. The lowest BCUT2D eigenvalue weighted by Gasteiger charge is -2.28. The number of methoxy groups -OCH3 is 1. The highest BCUT2D eigenvalue weighted by Gasteiger charge is 2.17. The van der Waals surface area contributed by atoms with E-state index in [1.807, 2.05) is 6.07 Å². The van der Waals surface area contributed by atoms with Gasteiger partial charge in [-0.3, -0.25) is 9.69 Å². The molecule has 28 heavy (non-hydrogen) atoms. The molecule has 0 bridgehead atoms. The second kappa shape index (κ2) is 9.53. The monoisotopic (exact) mass is 381 g/mol. The van der Waals surface area contributed by atoms with Gasteiger partial charge in [0.25, 0.3) is 0 Å². The fourth-order valence-electron chi connectivity index (χ4n) is 3.33. The molecule has 0 unspecified atom stereocenters. The SMILES string of the molecule is COc1cc(C(C)=O)ccc1OC[C@H](O)CN1CC=C(c2ccccc2)CC1. The standard InChI is InChI=1S/C23H27NO4/c1-17(25)20-8-9-22(23(14-20)27-2)28-16-21(26)15-24-12-10-19(11-13-24)18-6-4-3-5-7-18/h3-10,14,21,26H,11-13,15-16H2,1-2H3/t21-/m1/s1. The van der Waals surface area contributed by atoms with Crippen LogP contribution in [0.3, 0.4) is 0 Å². The summed E-state index contributed by atoms with van der Waals surface area (Å²) < 4.78 is 11.0. The zero-order chi connectivity index (χ0) is 19.9. The fraction of sp³-hybridized carbons (Fsp3) is 0.348. The van der Waals surface area contributed by atoms with Gasteiger partial charge in [-0.2, -0.15) is 0 Å². The zero-order valence-electron chi connectivity index (χ0n) is 16.4. The summed E-state index contributed by atoms with van der Waals surface area (Å²) in [5.41, 5.74) is 3.20. The van der Waals surface area contributed by atoms with Gasteiger partial charge in [-0.25, -0.2) is 0 Å². The van der Waals surface area contributed by atoms with Crippen molar-refractivity contribution in [3.63, 3.8) is 0 Å². The minimum absolute atomic E-state index is 0.0297. The molecule has 3 rings (SSSR count). The van der Waals surface area contributed by atoms with Gasteiger partial charge in [0, 0.05) is 25.2 Å². The van der Waals surface area contributed by atoms with Crippen molar-refractivity contribution in [2.24, 2.45) is 0 Å². The van der Waals surface area contributed by atoms with Crippen LogP contribution in [0.2, 0.25) is 0 Å². The largest absolute Gasteiger partial charge is 0.493 e. The zero-order valence-corrected chi connectivity index (χ0v) is 16.4. The predicted octanol–water partition coefficient (Wildman–Crippen LogP) is 3.43. The molecule has 5 heteroatoms. The summed E-state index contributed by atoms with van der Waals surface area (Å²) in [5, 5.41) is 10.4. The topological polar surface area (TPSA) is 59.0 Å². The molecule has 1 heterocycles. The van der Waals surface area contributed by atoms with Crippen molar-refractivity contribution < 1.29 is 19.4 Å². The third-order valence-corrected chi connectivity index (χ3v) is 4.91. The molecule has 2 aromatic carbocycles. The Morgan fingerprint density at radius 2 is 1.96 bits per heavy atom. The van der Waals surface area contributed by atoms with Gasteiger partial charge in [-0.05, 0) is 42.7 Å². The molecule has 0 aromatic heterocycles. The second-order valence-corrected chi connectivity index (χ2v) is 6.99. The molecule has 0 spiro atoms. The smallest absolute Gasteiger partial charge is 0.161 e. The molecule has 0 fully saturated rings. The van der Waals surface area contributed by atoms with Crippen LogP contribution in [0, 0.1) is 0 Å². The van der Waals surface area contributed by atoms with E-state index in [0.29, 0.717) is 23.6 Å². The van der Waals surface area contributed by atoms with E-state index < -0.39 is 6.10 Å². The number of aliphatic hydroxyl groups excluding tert-OH is 1. The van der Waals surface area contributed by atoms with Gasteiger partial charge in [0.05, 0.1) is 7.11 Å². The third-order valence-electron chi connectivity index (χ3n) is 4.91. The van der Waals surface area contributed by atoms with Gasteiger partial charge in [-0.1, -0.05) is 36.4 Å². The first-order valence-corrected chi connectivity index (χ1v) is 9.53. The number of β-amino-alcohol motifs (C(OH)–C–C–N with tert-alkyl or cyclic N) is 1. The Balaban J connectivity index is 1.51. The van der Waals surface area contributed by atoms with Crippen molar-refractivity contribution in [1.29, 1.82) is 0 Å². The number of Topliss-reactive ketones (excluding diaryl/α,β-unsaturated/α-hetero) is 1. The fourth-order valence-corrected chi connectivity index (χ4v) is 3.33. The van der Waals surface area contributed by atoms with Gasteiger partial charge >= 0.3 is 0 Å². The number of aliphatic hydroxyl groups is 1. The molecule has 2 aromatic rings. The summed E-state index contributed by atoms with van der Waals surface area (Å²) >= 11 is 0. The number of benzene rings is 2. The molecule has 5 nitrogen and oxygen atoms in total. The normalized spacial score (nSPS) is 15.6. The maximum atomic E-state index is 11.5. The van der Waals surface area contributed by atoms with Crippen LogP contribution in [0.4, 0.5) is 0 Å². The Morgan fingerprint density at radius 1 is 1.18 bits per heavy atom. The first-order chi connectivity index (χ1) is 13.6. The van der Waals surface area contributed by atoms with E-state index in [1.165, 1.54) is 25.2 Å². The quantitative estimate of drug-likeness (QED) is 0.710. The molecule has 0 aliphatic carbocycles. The van der Waals surface area contributed by atoms with Crippen molar-refractivity contribution in [3.8, 4) is 11.5 Å². The summed E-state index contributed by atoms with van der Waals surface area (Å²) in [6.45, 7) is 3.95. The molecular formula is C23H27NO4. The van der Waals surface area contributed by atoms with Crippen molar-refractivity contribution in [2.45, 2.75) is 19.4 Å². The van der Waals surface area contributed by atoms with Crippen LogP contribution in [0.15, 0.2) is 54.6 Å². The Morgan fingerprint density at radius 3 is 2.61 bits per heavy atom. The summed E-state index contributed by atoms with van der Waals surface area (Å²) in [6, 6.07) is 15.5. The molecule has 1 atom stereocenters. The number of rotatable bonds is 8. The highest BCUT2D eigenvalue weighted by Crippen LogP contribution is 2.28. The lowest BCUT2D eigenvalue weighted by Crippen LogP contribution is -2.38. The van der Waals surface area contributed by atoms with Crippen LogP contribution in [0.5, 0.6) is 11.5 Å². The highest BCUT2D eigenvalue weighted by molar-refractivity contribution is 5.94. The number of carbonyl (C=O) groups is 1. The van der Waals surface area contributed by atoms with Crippen molar-refractivity contribution in [2.75, 3.05) is 33.4 Å². The lowest BCUT2D eigenvalue weighted by atomic mass is 9.99. The van der Waals surface area contributed by atoms with Gasteiger partial charge in [0.15, 0.2) is 17.3 Å². The predicted molar refractivity (Wildman–Crippen MR) is 110 cm³/mol. The van der Waals surface area contributed by atoms with Crippen molar-refractivity contribution in [3.05, 3.63) is 65.7 Å². The maximum Gasteiger partial charge on any atom is 0.161 e. The van der Waals surface area contributed by atoms with Gasteiger partial charge in [-0.15, -0.1) is 0 Å². The summed E-state index contributed by atoms with van der Waals surface area (Å²) in [7, 11) is 1.53. The van der Waals surface area contributed by atoms with Crippen LogP contribution < -0.4 is 9.47 Å². The van der Waals surface area contributed by atoms with Gasteiger partial charge < -0.3 is 14.6 Å². The molecule has 148 valence electrons. The van der Waals surface area contributed by atoms with E-state index in [-0.39, 0.29) is 12.4 Å². The Kier molecular flexibility index (Phi) is 6.85. The summed E-state index contributed by atoms with van der Waals surface area (Å²) in [6.07, 6.45) is 2.59. The molecule has 1 aliphatic rings. The van der Waals surface area contributed by atoms with Crippen LogP contribution >= 0.6 is 0 Å². The Hall–Kier alpha value is -2.63. The van der Waals surface area contributed by atoms with Crippen LogP contribution in [0.1, 0.15) is 29.3 Å². The second-order valence-electron chi connectivity index (χ2n) is 6.99. The summed E-state index contributed by atoms with van der Waals surface area (Å²) in [4.78, 5) is 13.7. The van der Waals surface area contributed by atoms with Crippen LogP contribution in [-0.4, -0.2) is 55.2 Å². The molecule has 0 saturated heterocycles. The Bertz CT molecular complexity index is 832. The maximum absolute atomic E-state index is 11.5. The van der Waals surface area contributed by atoms with Crippen LogP contribution in [-0.2, 0) is 0 Å². The lowest BCUT2D eigenvalue weighted by molar-refractivity contribution is 0.0706. The van der Waals surface area contributed by atoms with E-state index in [1.54, 1.807) is 18.2 Å². The number of ether oxygens (including phenoxy) is 2. The highest BCUT2D eigenvalue weighted by atomic mass is 16.5. The summed E-state index contributed by atoms with van der Waals surface area (Å²) in [5.74, 6) is 0.989. The molecule has 0 radical (unpaired) electrons. The van der Waals surface area contributed by atoms with Gasteiger partial charge in [0.1, 0.15) is 12.7 Å². The average Bonchev–Trinajstić information content (AvgIpc) is 2.73. The van der Waals surface area contributed by atoms with E-state index in [4.69, 9.17) is 9.47 Å². The van der Waals surface area contributed by atoms with E-state index >= 15 is 0 Å². The van der Waals surface area contributed by atoms with Gasteiger partial charge in [0.2, 0.25) is 0 Å². The minimum atomic E-state index is -0.608. The molecular weight excluding hydrogens is 354 g/mol. The van der Waals surface area contributed by atoms with E-state index in [2.05, 4.69) is 35.2 Å². The van der Waals surface area contributed by atoms with Crippen molar-refractivity contribution in [1.82, 2.24) is 4.90 Å². The molecule has 1 N–H and O–H groups in total. The van der Waals surface area contributed by atoms with E-state index in [0.717, 1.165) is 19.5 Å². The molecule has 0 amide bonds. The number of ketones is 1.